The van der Waals surface area contributed by atoms with Gasteiger partial charge in [-0.3, -0.25) is 0 Å². The predicted molar refractivity (Wildman–Crippen MR) is 83.0 cm³/mol. The van der Waals surface area contributed by atoms with Crippen molar-refractivity contribution in [3.05, 3.63) is 6.33 Å². The predicted octanol–water partition coefficient (Wildman–Crippen LogP) is 3.02. The first-order chi connectivity index (χ1) is 9.70. The fourth-order valence-electron chi connectivity index (χ4n) is 2.08. The summed E-state index contributed by atoms with van der Waals surface area (Å²) in [6.45, 7) is 8.26. The second kappa shape index (κ2) is 7.07. The molecule has 2 aromatic rings. The van der Waals surface area contributed by atoms with E-state index >= 15 is 0 Å². The molecule has 0 unspecified atom stereocenters. The van der Waals surface area contributed by atoms with Gasteiger partial charge in [-0.15, -0.1) is 0 Å². The molecule has 110 valence electrons. The summed E-state index contributed by atoms with van der Waals surface area (Å²) in [6.07, 6.45) is 5.31. The maximum Gasteiger partial charge on any atom is 0.226 e. The molecule has 0 saturated heterocycles. The average Bonchev–Trinajstić information content (AvgIpc) is 2.86. The summed E-state index contributed by atoms with van der Waals surface area (Å²) < 4.78 is 0. The van der Waals surface area contributed by atoms with E-state index in [1.54, 1.807) is 6.33 Å². The number of nitrogens with one attached hydrogen (secondary N) is 3. The summed E-state index contributed by atoms with van der Waals surface area (Å²) in [5.41, 5.74) is 1.57. The summed E-state index contributed by atoms with van der Waals surface area (Å²) in [6, 6.07) is 0. The fourth-order valence-corrected chi connectivity index (χ4v) is 2.08. The normalized spacial score (nSPS) is 11.2. The number of aromatic nitrogens is 4. The molecule has 0 radical (unpaired) electrons. The van der Waals surface area contributed by atoms with Crippen molar-refractivity contribution >= 4 is 22.9 Å². The van der Waals surface area contributed by atoms with Crippen molar-refractivity contribution in [3.8, 4) is 0 Å². The van der Waals surface area contributed by atoms with Crippen molar-refractivity contribution in [3.63, 3.8) is 0 Å². The molecule has 0 aliphatic carbocycles. The SMILES string of the molecule is CCNc1nc(NCCCCC(C)C)c2[nH]cnc2n1. The summed E-state index contributed by atoms with van der Waals surface area (Å²) in [7, 11) is 0. The number of aromatic amines is 1. The zero-order valence-electron chi connectivity index (χ0n) is 12.5. The Bertz CT molecular complexity index is 533. The standard InChI is InChI=1S/C14H24N6/c1-4-15-14-19-12(11-13(20-14)18-9-17-11)16-8-6-5-7-10(2)3/h9-10H,4-8H2,1-3H3,(H3,15,16,17,18,19,20). The molecule has 6 nitrogen and oxygen atoms in total. The Hall–Kier alpha value is -1.85. The van der Waals surface area contributed by atoms with Crippen LogP contribution in [0.2, 0.25) is 0 Å². The molecular formula is C14H24N6. The zero-order valence-corrected chi connectivity index (χ0v) is 12.5. The number of hydrogen-bond acceptors (Lipinski definition) is 5. The van der Waals surface area contributed by atoms with Crippen molar-refractivity contribution in [1.29, 1.82) is 0 Å². The third kappa shape index (κ3) is 3.82. The zero-order chi connectivity index (χ0) is 14.4. The van der Waals surface area contributed by atoms with Crippen LogP contribution in [0.15, 0.2) is 6.33 Å². The highest BCUT2D eigenvalue weighted by atomic mass is 15.2. The summed E-state index contributed by atoms with van der Waals surface area (Å²) in [5.74, 6) is 2.22. The highest BCUT2D eigenvalue weighted by molar-refractivity contribution is 5.83. The van der Waals surface area contributed by atoms with E-state index in [1.165, 1.54) is 12.8 Å². The third-order valence-electron chi connectivity index (χ3n) is 3.12. The fraction of sp³-hybridized carbons (Fsp3) is 0.643. The van der Waals surface area contributed by atoms with E-state index in [2.05, 4.69) is 44.4 Å². The molecule has 0 amide bonds. The van der Waals surface area contributed by atoms with Crippen molar-refractivity contribution < 1.29 is 0 Å². The van der Waals surface area contributed by atoms with Crippen LogP contribution < -0.4 is 10.6 Å². The second-order valence-electron chi connectivity index (χ2n) is 5.34. The van der Waals surface area contributed by atoms with Gasteiger partial charge in [-0.25, -0.2) is 4.98 Å². The highest BCUT2D eigenvalue weighted by Gasteiger charge is 2.08. The van der Waals surface area contributed by atoms with Crippen molar-refractivity contribution in [2.45, 2.75) is 40.0 Å². The van der Waals surface area contributed by atoms with Crippen LogP contribution in [0.3, 0.4) is 0 Å². The third-order valence-corrected chi connectivity index (χ3v) is 3.12. The van der Waals surface area contributed by atoms with Crippen LogP contribution in [0.5, 0.6) is 0 Å². The number of unbranched alkanes of at least 4 members (excludes halogenated alkanes) is 1. The lowest BCUT2D eigenvalue weighted by molar-refractivity contribution is 0.544. The maximum atomic E-state index is 4.49. The van der Waals surface area contributed by atoms with Crippen molar-refractivity contribution in [2.24, 2.45) is 5.92 Å². The lowest BCUT2D eigenvalue weighted by Crippen LogP contribution is -2.08. The quantitative estimate of drug-likeness (QED) is 0.646. The highest BCUT2D eigenvalue weighted by Crippen LogP contribution is 2.18. The van der Waals surface area contributed by atoms with Gasteiger partial charge in [0.05, 0.1) is 6.33 Å². The first-order valence-electron chi connectivity index (χ1n) is 7.39. The van der Waals surface area contributed by atoms with Gasteiger partial charge < -0.3 is 15.6 Å². The lowest BCUT2D eigenvalue weighted by Gasteiger charge is -2.09. The molecule has 0 spiro atoms. The minimum atomic E-state index is 0.622. The number of fused-ring (bicyclic) bond motifs is 1. The molecule has 2 heterocycles. The number of anilines is 2. The van der Waals surface area contributed by atoms with E-state index < -0.39 is 0 Å². The Morgan fingerprint density at radius 1 is 1.20 bits per heavy atom. The van der Waals surface area contributed by atoms with Crippen LogP contribution in [0.4, 0.5) is 11.8 Å². The molecule has 0 aliphatic heterocycles. The summed E-state index contributed by atoms with van der Waals surface area (Å²) in [4.78, 5) is 16.1. The molecular weight excluding hydrogens is 252 g/mol. The van der Waals surface area contributed by atoms with Crippen LogP contribution in [0, 0.1) is 5.92 Å². The summed E-state index contributed by atoms with van der Waals surface area (Å²) in [5, 5.41) is 6.51. The Morgan fingerprint density at radius 3 is 2.80 bits per heavy atom. The molecule has 6 heteroatoms. The van der Waals surface area contributed by atoms with Gasteiger partial charge >= 0.3 is 0 Å². The van der Waals surface area contributed by atoms with Gasteiger partial charge in [0.1, 0.15) is 5.52 Å². The van der Waals surface area contributed by atoms with E-state index in [9.17, 15) is 0 Å². The van der Waals surface area contributed by atoms with Gasteiger partial charge in [0, 0.05) is 13.1 Å². The van der Waals surface area contributed by atoms with E-state index in [0.717, 1.165) is 36.8 Å². The first kappa shape index (κ1) is 14.6. The van der Waals surface area contributed by atoms with Crippen molar-refractivity contribution in [1.82, 2.24) is 19.9 Å². The van der Waals surface area contributed by atoms with Crippen LogP contribution >= 0.6 is 0 Å². The number of H-pyrrole nitrogens is 1. The van der Waals surface area contributed by atoms with Gasteiger partial charge in [0.25, 0.3) is 0 Å². The van der Waals surface area contributed by atoms with Gasteiger partial charge in [-0.2, -0.15) is 9.97 Å². The minimum absolute atomic E-state index is 0.622. The molecule has 2 rings (SSSR count). The van der Waals surface area contributed by atoms with Crippen LogP contribution in [-0.4, -0.2) is 33.0 Å². The van der Waals surface area contributed by atoms with Crippen LogP contribution in [-0.2, 0) is 0 Å². The average molecular weight is 276 g/mol. The molecule has 0 fully saturated rings. The van der Waals surface area contributed by atoms with Gasteiger partial charge in [-0.05, 0) is 19.3 Å². The number of hydrogen-bond donors (Lipinski definition) is 3. The van der Waals surface area contributed by atoms with E-state index in [0.29, 0.717) is 11.6 Å². The molecule has 0 aromatic carbocycles. The monoisotopic (exact) mass is 276 g/mol. The van der Waals surface area contributed by atoms with E-state index in [1.807, 2.05) is 6.92 Å². The summed E-state index contributed by atoms with van der Waals surface area (Å²) >= 11 is 0. The minimum Gasteiger partial charge on any atom is -0.368 e. The second-order valence-corrected chi connectivity index (χ2v) is 5.34. The molecule has 2 aromatic heterocycles. The van der Waals surface area contributed by atoms with Crippen molar-refractivity contribution in [2.75, 3.05) is 23.7 Å². The van der Waals surface area contributed by atoms with E-state index in [4.69, 9.17) is 0 Å². The maximum absolute atomic E-state index is 4.49. The Balaban J connectivity index is 1.98. The van der Waals surface area contributed by atoms with Crippen LogP contribution in [0.25, 0.3) is 11.2 Å². The largest absolute Gasteiger partial charge is 0.368 e. The molecule has 0 bridgehead atoms. The Morgan fingerprint density at radius 2 is 2.05 bits per heavy atom. The topological polar surface area (TPSA) is 78.5 Å². The molecule has 0 aliphatic rings. The Kier molecular flexibility index (Phi) is 5.15. The van der Waals surface area contributed by atoms with Gasteiger partial charge in [0.2, 0.25) is 5.95 Å². The number of nitrogens with zero attached hydrogens (tertiary/aromatic N) is 3. The lowest BCUT2D eigenvalue weighted by atomic mass is 10.1. The van der Waals surface area contributed by atoms with Gasteiger partial charge in [0.15, 0.2) is 11.5 Å². The Labute approximate surface area is 119 Å². The molecule has 20 heavy (non-hydrogen) atoms. The van der Waals surface area contributed by atoms with Crippen LogP contribution in [0.1, 0.15) is 40.0 Å². The van der Waals surface area contributed by atoms with Gasteiger partial charge in [-0.1, -0.05) is 26.7 Å². The first-order valence-corrected chi connectivity index (χ1v) is 7.39. The number of imidazole rings is 1. The van der Waals surface area contributed by atoms with E-state index in [-0.39, 0.29) is 0 Å². The molecule has 0 atom stereocenters. The number of rotatable bonds is 8. The smallest absolute Gasteiger partial charge is 0.226 e. The molecule has 0 saturated carbocycles. The molecule has 3 N–H and O–H groups in total.